The van der Waals surface area contributed by atoms with Crippen molar-refractivity contribution < 1.29 is 9.59 Å². The van der Waals surface area contributed by atoms with E-state index in [-0.39, 0.29) is 10.9 Å². The van der Waals surface area contributed by atoms with Gasteiger partial charge in [-0.2, -0.15) is 5.12 Å². The lowest BCUT2D eigenvalue weighted by molar-refractivity contribution is 0.156. The lowest BCUT2D eigenvalue weighted by Crippen LogP contribution is -2.28. The van der Waals surface area contributed by atoms with Gasteiger partial charge in [-0.25, -0.2) is 4.98 Å². The van der Waals surface area contributed by atoms with E-state index in [9.17, 15) is 4.48 Å². The summed E-state index contributed by atoms with van der Waals surface area (Å²) < 4.78 is 13.0. The summed E-state index contributed by atoms with van der Waals surface area (Å²) >= 11 is 0. The Kier molecular flexibility index (Phi) is 1.55. The van der Waals surface area contributed by atoms with Crippen molar-refractivity contribution in [3.8, 4) is 0 Å². The number of fused-ring (bicyclic) bond motifs is 1. The first-order valence-electron chi connectivity index (χ1n) is 3.55. The van der Waals surface area contributed by atoms with E-state index < -0.39 is 6.23 Å². The van der Waals surface area contributed by atoms with E-state index in [0.29, 0.717) is 5.56 Å². The molecular formula is C8H7FN2O. The Hall–Kier alpha value is -1.42. The highest BCUT2D eigenvalue weighted by molar-refractivity contribution is 5.66. The maximum absolute atomic E-state index is 13.0. The highest BCUT2D eigenvalue weighted by Crippen LogP contribution is 2.25. The molecule has 0 fully saturated rings. The number of hydrogen-bond donors (Lipinski definition) is 1. The van der Waals surface area contributed by atoms with Crippen molar-refractivity contribution in [1.82, 2.24) is 4.98 Å². The van der Waals surface area contributed by atoms with Crippen molar-refractivity contribution in [2.75, 3.05) is 5.12 Å². The fraction of sp³-hybridized carbons (Fsp3) is 0.125. The van der Waals surface area contributed by atoms with Crippen LogP contribution in [0.15, 0.2) is 24.4 Å². The second-order valence-corrected chi connectivity index (χ2v) is 2.50. The second-order valence-electron chi connectivity index (χ2n) is 2.50. The predicted octanol–water partition coefficient (Wildman–Crippen LogP) is 1.12. The molecule has 0 saturated heterocycles. The molecule has 0 saturated carbocycles. The van der Waals surface area contributed by atoms with Crippen molar-refractivity contribution in [2.45, 2.75) is 6.23 Å². The Bertz CT molecular complexity index is 327. The molecule has 1 atom stereocenters. The minimum Gasteiger partial charge on any atom is -0.368 e. The summed E-state index contributed by atoms with van der Waals surface area (Å²) in [6.07, 6.45) is 3.28. The number of anilines is 1. The van der Waals surface area contributed by atoms with Crippen LogP contribution in [-0.4, -0.2) is 16.3 Å². The third kappa shape index (κ3) is 0.967. The molecule has 0 spiro atoms. The molecule has 1 N–H and O–H groups in total. The molecule has 3 nitrogen and oxygen atoms in total. The smallest absolute Gasteiger partial charge is 0.177 e. The standard InChI is InChI=1S/C8H7FN2O/c9-11-7(12)4-3-6-2-1-5-10-8(6)11/h1-5,7,12H. The molecule has 0 bridgehead atoms. The molecule has 2 rings (SSSR count). The fourth-order valence-electron chi connectivity index (χ4n) is 1.11. The van der Waals surface area contributed by atoms with Gasteiger partial charge in [0.15, 0.2) is 12.0 Å². The molecule has 0 aromatic carbocycles. The van der Waals surface area contributed by atoms with Crippen LogP contribution >= 0.6 is 0 Å². The number of rotatable bonds is 0. The van der Waals surface area contributed by atoms with E-state index in [2.05, 4.69) is 4.98 Å². The van der Waals surface area contributed by atoms with Crippen molar-refractivity contribution in [1.29, 1.82) is 0 Å². The highest BCUT2D eigenvalue weighted by atomic mass is 19.2. The summed E-state index contributed by atoms with van der Waals surface area (Å²) in [4.78, 5) is 3.79. The van der Waals surface area contributed by atoms with Crippen molar-refractivity contribution in [3.05, 3.63) is 30.0 Å². The fourth-order valence-corrected chi connectivity index (χ4v) is 1.11. The Morgan fingerprint density at radius 1 is 1.58 bits per heavy atom. The maximum Gasteiger partial charge on any atom is 0.177 e. The quantitative estimate of drug-likeness (QED) is 0.586. The third-order valence-electron chi connectivity index (χ3n) is 1.70. The number of aliphatic hydroxyl groups excluding tert-OH is 1. The maximum atomic E-state index is 13.0. The van der Waals surface area contributed by atoms with Crippen molar-refractivity contribution in [2.24, 2.45) is 0 Å². The van der Waals surface area contributed by atoms with Crippen LogP contribution in [0.25, 0.3) is 6.08 Å². The first-order valence-corrected chi connectivity index (χ1v) is 3.55. The van der Waals surface area contributed by atoms with E-state index >= 15 is 0 Å². The molecule has 4 heteroatoms. The van der Waals surface area contributed by atoms with Crippen molar-refractivity contribution in [3.63, 3.8) is 0 Å². The lowest BCUT2D eigenvalue weighted by atomic mass is 10.2. The minimum absolute atomic E-state index is 0.160. The molecule has 1 aliphatic heterocycles. The third-order valence-corrected chi connectivity index (χ3v) is 1.70. The van der Waals surface area contributed by atoms with Crippen LogP contribution in [0.1, 0.15) is 5.56 Å². The van der Waals surface area contributed by atoms with Crippen LogP contribution in [0.3, 0.4) is 0 Å². The summed E-state index contributed by atoms with van der Waals surface area (Å²) in [7, 11) is 0. The number of pyridine rings is 1. The van der Waals surface area contributed by atoms with Crippen LogP contribution in [0.5, 0.6) is 0 Å². The Labute approximate surface area is 68.7 Å². The topological polar surface area (TPSA) is 36.4 Å². The van der Waals surface area contributed by atoms with E-state index in [1.54, 1.807) is 18.2 Å². The first-order chi connectivity index (χ1) is 5.79. The summed E-state index contributed by atoms with van der Waals surface area (Å²) in [5, 5.41) is 9.28. The molecule has 1 aliphatic rings. The Balaban J connectivity index is 2.52. The number of hydrogen-bond acceptors (Lipinski definition) is 3. The number of nitrogens with zero attached hydrogens (tertiary/aromatic N) is 2. The van der Waals surface area contributed by atoms with Gasteiger partial charge in [0.2, 0.25) is 0 Å². The van der Waals surface area contributed by atoms with Gasteiger partial charge in [-0.05, 0) is 18.2 Å². The van der Waals surface area contributed by atoms with Gasteiger partial charge in [0.05, 0.1) is 0 Å². The van der Waals surface area contributed by atoms with E-state index in [1.807, 2.05) is 0 Å². The largest absolute Gasteiger partial charge is 0.368 e. The molecule has 2 heterocycles. The Morgan fingerprint density at radius 2 is 2.42 bits per heavy atom. The van der Waals surface area contributed by atoms with Crippen LogP contribution in [0.4, 0.5) is 10.3 Å². The molecule has 12 heavy (non-hydrogen) atoms. The number of halogens is 1. The highest BCUT2D eigenvalue weighted by Gasteiger charge is 2.20. The average molecular weight is 166 g/mol. The average Bonchev–Trinajstić information content (AvgIpc) is 2.12. The van der Waals surface area contributed by atoms with Gasteiger partial charge in [0.1, 0.15) is 0 Å². The second kappa shape index (κ2) is 2.57. The van der Waals surface area contributed by atoms with Crippen LogP contribution in [-0.2, 0) is 0 Å². The van der Waals surface area contributed by atoms with Gasteiger partial charge < -0.3 is 5.11 Å². The van der Waals surface area contributed by atoms with Crippen molar-refractivity contribution >= 4 is 11.9 Å². The van der Waals surface area contributed by atoms with Gasteiger partial charge in [-0.1, -0.05) is 10.6 Å². The van der Waals surface area contributed by atoms with Crippen LogP contribution in [0, 0.1) is 0 Å². The molecule has 62 valence electrons. The summed E-state index contributed by atoms with van der Waals surface area (Å²) in [6, 6.07) is 3.45. The molecular weight excluding hydrogens is 159 g/mol. The van der Waals surface area contributed by atoms with Gasteiger partial charge in [-0.15, -0.1) is 0 Å². The van der Waals surface area contributed by atoms with E-state index in [0.717, 1.165) is 0 Å². The Morgan fingerprint density at radius 3 is 3.25 bits per heavy atom. The molecule has 1 unspecified atom stereocenters. The zero-order chi connectivity index (χ0) is 8.55. The number of aromatic nitrogens is 1. The van der Waals surface area contributed by atoms with E-state index in [1.165, 1.54) is 12.3 Å². The predicted molar refractivity (Wildman–Crippen MR) is 42.9 cm³/mol. The summed E-state index contributed by atoms with van der Waals surface area (Å²) in [5.41, 5.74) is 0.672. The summed E-state index contributed by atoms with van der Waals surface area (Å²) in [5.74, 6) is 0.160. The van der Waals surface area contributed by atoms with E-state index in [4.69, 9.17) is 5.11 Å². The van der Waals surface area contributed by atoms with Gasteiger partial charge in [0, 0.05) is 11.8 Å². The monoisotopic (exact) mass is 166 g/mol. The molecule has 0 radical (unpaired) electrons. The minimum atomic E-state index is -1.22. The zero-order valence-corrected chi connectivity index (χ0v) is 6.18. The number of aliphatic hydroxyl groups is 1. The van der Waals surface area contributed by atoms with Crippen LogP contribution < -0.4 is 5.12 Å². The molecule has 0 aliphatic carbocycles. The zero-order valence-electron chi connectivity index (χ0n) is 6.18. The van der Waals surface area contributed by atoms with Gasteiger partial charge in [0.25, 0.3) is 0 Å². The lowest BCUT2D eigenvalue weighted by Gasteiger charge is -2.21. The normalized spacial score (nSPS) is 20.8. The SMILES string of the molecule is OC1C=Cc2cccnc2N1F. The molecule has 1 aromatic heterocycles. The van der Waals surface area contributed by atoms with Gasteiger partial charge in [-0.3, -0.25) is 0 Å². The molecule has 0 amide bonds. The summed E-state index contributed by atoms with van der Waals surface area (Å²) in [6.45, 7) is 0. The molecule has 1 aromatic rings. The van der Waals surface area contributed by atoms with Crippen LogP contribution in [0.2, 0.25) is 0 Å². The first kappa shape index (κ1) is 7.24. The van der Waals surface area contributed by atoms with Gasteiger partial charge >= 0.3 is 0 Å².